The van der Waals surface area contributed by atoms with Gasteiger partial charge in [0.15, 0.2) is 0 Å². The molecule has 3 aromatic rings. The average molecular weight is 459 g/mol. The Morgan fingerprint density at radius 2 is 1.70 bits per heavy atom. The van der Waals surface area contributed by atoms with Gasteiger partial charge in [-0.05, 0) is 41.1 Å². The zero-order valence-corrected chi connectivity index (χ0v) is 17.9. The lowest BCUT2D eigenvalue weighted by Gasteiger charge is -2.15. The second-order valence-corrected chi connectivity index (χ2v) is 8.87. The number of halogens is 2. The van der Waals surface area contributed by atoms with Crippen molar-refractivity contribution in [3.05, 3.63) is 70.7 Å². The van der Waals surface area contributed by atoms with Crippen LogP contribution in [0, 0.1) is 0 Å². The third-order valence-electron chi connectivity index (χ3n) is 4.66. The molecular formula is C22H16Cl2N2O3S. The van der Waals surface area contributed by atoms with Gasteiger partial charge in [0.1, 0.15) is 0 Å². The number of carbonyl (C=O) groups excluding carboxylic acids is 3. The van der Waals surface area contributed by atoms with Gasteiger partial charge in [-0.1, -0.05) is 53.5 Å². The van der Waals surface area contributed by atoms with Gasteiger partial charge in [-0.3, -0.25) is 14.4 Å². The molecule has 3 aromatic carbocycles. The van der Waals surface area contributed by atoms with Crippen LogP contribution in [-0.4, -0.2) is 28.7 Å². The van der Waals surface area contributed by atoms with E-state index >= 15 is 0 Å². The molecular weight excluding hydrogens is 443 g/mol. The van der Waals surface area contributed by atoms with Gasteiger partial charge >= 0.3 is 0 Å². The van der Waals surface area contributed by atoms with E-state index in [1.54, 1.807) is 0 Å². The minimum absolute atomic E-state index is 0.0247. The zero-order chi connectivity index (χ0) is 21.3. The highest BCUT2D eigenvalue weighted by Crippen LogP contribution is 2.33. The maximum absolute atomic E-state index is 12.7. The van der Waals surface area contributed by atoms with Crippen molar-refractivity contribution in [2.75, 3.05) is 16.0 Å². The third-order valence-corrected chi connectivity index (χ3v) is 6.30. The van der Waals surface area contributed by atoms with Crippen LogP contribution in [0.3, 0.4) is 0 Å². The highest BCUT2D eigenvalue weighted by Gasteiger charge is 2.40. The van der Waals surface area contributed by atoms with Crippen molar-refractivity contribution in [1.82, 2.24) is 0 Å². The predicted molar refractivity (Wildman–Crippen MR) is 122 cm³/mol. The molecule has 0 saturated carbocycles. The van der Waals surface area contributed by atoms with Crippen LogP contribution in [0.25, 0.3) is 10.8 Å². The molecule has 8 heteroatoms. The van der Waals surface area contributed by atoms with Gasteiger partial charge < -0.3 is 5.32 Å². The Balaban J connectivity index is 1.39. The normalized spacial score (nSPS) is 16.3. The van der Waals surface area contributed by atoms with Crippen LogP contribution in [-0.2, 0) is 14.4 Å². The molecule has 1 saturated heterocycles. The topological polar surface area (TPSA) is 66.5 Å². The quantitative estimate of drug-likeness (QED) is 0.536. The lowest BCUT2D eigenvalue weighted by atomic mass is 10.1. The van der Waals surface area contributed by atoms with Crippen molar-refractivity contribution in [3.63, 3.8) is 0 Å². The van der Waals surface area contributed by atoms with E-state index in [1.807, 2.05) is 42.5 Å². The second kappa shape index (κ2) is 8.68. The molecule has 0 spiro atoms. The fourth-order valence-electron chi connectivity index (χ4n) is 3.31. The van der Waals surface area contributed by atoms with Gasteiger partial charge in [0.25, 0.3) is 0 Å². The highest BCUT2D eigenvalue weighted by molar-refractivity contribution is 8.01. The molecule has 1 aliphatic heterocycles. The van der Waals surface area contributed by atoms with E-state index in [2.05, 4.69) is 5.32 Å². The number of nitrogens with zero attached hydrogens (tertiary/aromatic N) is 1. The van der Waals surface area contributed by atoms with Crippen molar-refractivity contribution in [1.29, 1.82) is 0 Å². The summed E-state index contributed by atoms with van der Waals surface area (Å²) in [6, 6.07) is 18.1. The van der Waals surface area contributed by atoms with E-state index in [4.69, 9.17) is 23.2 Å². The first-order valence-corrected chi connectivity index (χ1v) is 10.9. The molecule has 152 valence electrons. The Morgan fingerprint density at radius 3 is 2.43 bits per heavy atom. The summed E-state index contributed by atoms with van der Waals surface area (Å²) in [4.78, 5) is 38.5. The largest absolute Gasteiger partial charge is 0.325 e. The molecule has 3 amide bonds. The van der Waals surface area contributed by atoms with E-state index in [0.717, 1.165) is 27.4 Å². The number of rotatable bonds is 5. The van der Waals surface area contributed by atoms with Crippen LogP contribution in [0.4, 0.5) is 11.4 Å². The second-order valence-electron chi connectivity index (χ2n) is 6.81. The molecule has 0 aliphatic carbocycles. The van der Waals surface area contributed by atoms with Gasteiger partial charge in [-0.25, -0.2) is 4.90 Å². The summed E-state index contributed by atoms with van der Waals surface area (Å²) >= 11 is 13.1. The van der Waals surface area contributed by atoms with Gasteiger partial charge in [-0.2, -0.15) is 0 Å². The SMILES string of the molecule is O=C(CS[C@@H]1CC(=O)N(c2cc(Cl)cc(Cl)c2)C1=O)Nc1ccc2ccccc2c1. The maximum atomic E-state index is 12.7. The standard InChI is InChI=1S/C22H16Cl2N2O3S/c23-15-8-16(24)10-18(9-15)26-21(28)11-19(22(26)29)30-12-20(27)25-17-6-5-13-3-1-2-4-14(13)7-17/h1-10,19H,11-12H2,(H,25,27)/t19-/m1/s1. The van der Waals surface area contributed by atoms with Crippen molar-refractivity contribution in [2.24, 2.45) is 0 Å². The molecule has 1 fully saturated rings. The molecule has 1 aliphatic rings. The summed E-state index contributed by atoms with van der Waals surface area (Å²) in [5, 5.41) is 4.99. The number of nitrogens with one attached hydrogen (secondary N) is 1. The van der Waals surface area contributed by atoms with Crippen molar-refractivity contribution < 1.29 is 14.4 Å². The Hall–Kier alpha value is -2.54. The Labute approximate surface area is 187 Å². The molecule has 1 N–H and O–H groups in total. The third kappa shape index (κ3) is 4.46. The fraction of sp³-hybridized carbons (Fsp3) is 0.136. The summed E-state index contributed by atoms with van der Waals surface area (Å²) in [6.45, 7) is 0. The van der Waals surface area contributed by atoms with Gasteiger partial charge in [0.2, 0.25) is 17.7 Å². The first-order valence-electron chi connectivity index (χ1n) is 9.14. The Morgan fingerprint density at radius 1 is 1.00 bits per heavy atom. The van der Waals surface area contributed by atoms with Crippen molar-refractivity contribution >= 4 is 74.8 Å². The fourth-order valence-corrected chi connectivity index (χ4v) is 4.76. The predicted octanol–water partition coefficient (Wildman–Crippen LogP) is 5.15. The monoisotopic (exact) mass is 458 g/mol. The molecule has 0 bridgehead atoms. The van der Waals surface area contributed by atoms with Crippen LogP contribution in [0.2, 0.25) is 10.0 Å². The van der Waals surface area contributed by atoms with Crippen molar-refractivity contribution in [2.45, 2.75) is 11.7 Å². The van der Waals surface area contributed by atoms with Crippen LogP contribution in [0.1, 0.15) is 6.42 Å². The van der Waals surface area contributed by atoms with E-state index in [1.165, 1.54) is 18.2 Å². The number of carbonyl (C=O) groups is 3. The number of anilines is 2. The lowest BCUT2D eigenvalue weighted by Crippen LogP contribution is -2.31. The summed E-state index contributed by atoms with van der Waals surface area (Å²) in [5.74, 6) is -0.895. The summed E-state index contributed by atoms with van der Waals surface area (Å²) in [6.07, 6.45) is 0.0247. The van der Waals surface area contributed by atoms with E-state index < -0.39 is 5.25 Å². The minimum atomic E-state index is -0.627. The number of thioether (sulfide) groups is 1. The molecule has 30 heavy (non-hydrogen) atoms. The van der Waals surface area contributed by atoms with E-state index in [0.29, 0.717) is 21.4 Å². The molecule has 0 unspecified atom stereocenters. The molecule has 0 radical (unpaired) electrons. The molecule has 1 atom stereocenters. The molecule has 0 aromatic heterocycles. The lowest BCUT2D eigenvalue weighted by molar-refractivity contribution is -0.121. The smallest absolute Gasteiger partial charge is 0.247 e. The van der Waals surface area contributed by atoms with Gasteiger partial charge in [0, 0.05) is 22.2 Å². The summed E-state index contributed by atoms with van der Waals surface area (Å²) in [7, 11) is 0. The van der Waals surface area contributed by atoms with Crippen LogP contribution in [0.5, 0.6) is 0 Å². The van der Waals surface area contributed by atoms with Crippen LogP contribution in [0.15, 0.2) is 60.7 Å². The average Bonchev–Trinajstić information content (AvgIpc) is 2.99. The van der Waals surface area contributed by atoms with Crippen molar-refractivity contribution in [3.8, 4) is 0 Å². The number of amides is 3. The summed E-state index contributed by atoms with van der Waals surface area (Å²) < 4.78 is 0. The van der Waals surface area contributed by atoms with Crippen LogP contribution >= 0.6 is 35.0 Å². The molecule has 1 heterocycles. The van der Waals surface area contributed by atoms with Gasteiger partial charge in [0.05, 0.1) is 16.7 Å². The maximum Gasteiger partial charge on any atom is 0.247 e. The van der Waals surface area contributed by atoms with E-state index in [9.17, 15) is 14.4 Å². The first-order chi connectivity index (χ1) is 14.4. The molecule has 4 rings (SSSR count). The number of hydrogen-bond donors (Lipinski definition) is 1. The Kier molecular flexibility index (Phi) is 5.99. The minimum Gasteiger partial charge on any atom is -0.325 e. The zero-order valence-electron chi connectivity index (χ0n) is 15.6. The Bertz CT molecular complexity index is 1150. The summed E-state index contributed by atoms with van der Waals surface area (Å²) in [5.41, 5.74) is 1.02. The number of benzene rings is 3. The number of hydrogen-bond acceptors (Lipinski definition) is 4. The number of fused-ring (bicyclic) bond motifs is 1. The van der Waals surface area contributed by atoms with E-state index in [-0.39, 0.29) is 29.9 Å². The van der Waals surface area contributed by atoms with Crippen LogP contribution < -0.4 is 10.2 Å². The van der Waals surface area contributed by atoms with Gasteiger partial charge in [-0.15, -0.1) is 11.8 Å². The number of imide groups is 1. The molecule has 5 nitrogen and oxygen atoms in total. The first kappa shape index (κ1) is 20.7. The highest BCUT2D eigenvalue weighted by atomic mass is 35.5.